The lowest BCUT2D eigenvalue weighted by Crippen LogP contribution is -2.03. The van der Waals surface area contributed by atoms with Gasteiger partial charge in [0, 0.05) is 19.2 Å². The van der Waals surface area contributed by atoms with E-state index in [9.17, 15) is 4.79 Å². The first-order valence-electron chi connectivity index (χ1n) is 5.83. The lowest BCUT2D eigenvalue weighted by atomic mass is 10.2. The van der Waals surface area contributed by atoms with Crippen LogP contribution in [0.15, 0.2) is 18.2 Å². The topological polar surface area (TPSA) is 54.7 Å². The molecule has 1 amide bonds. The summed E-state index contributed by atoms with van der Waals surface area (Å²) in [6.45, 7) is 3.44. The van der Waals surface area contributed by atoms with Crippen molar-refractivity contribution < 1.29 is 9.53 Å². The van der Waals surface area contributed by atoms with E-state index in [1.54, 1.807) is 19.2 Å². The summed E-state index contributed by atoms with van der Waals surface area (Å²) in [6.07, 6.45) is 1.37. The number of nitrogens with one attached hydrogen (secondary N) is 2. The van der Waals surface area contributed by atoms with Gasteiger partial charge in [-0.3, -0.25) is 4.79 Å². The number of amides is 1. The third-order valence-corrected chi connectivity index (χ3v) is 2.25. The molecule has 2 N–H and O–H groups in total. The van der Waals surface area contributed by atoms with Crippen LogP contribution in [-0.4, -0.2) is 26.6 Å². The Morgan fingerprint density at radius 1 is 1.50 bits per heavy atom. The number of hydrogen-bond acceptors (Lipinski definition) is 3. The van der Waals surface area contributed by atoms with Gasteiger partial charge in [0.15, 0.2) is 0 Å². The molecule has 1 rings (SSSR count). The fourth-order valence-electron chi connectivity index (χ4n) is 1.45. The minimum absolute atomic E-state index is 0.646. The van der Waals surface area contributed by atoms with Gasteiger partial charge in [-0.05, 0) is 18.2 Å². The molecule has 0 aromatic heterocycles. The number of carbonyl (C=O) groups is 1. The number of rotatable bonds is 6. The molecule has 0 bridgehead atoms. The first-order chi connectivity index (χ1) is 8.81. The number of anilines is 2. The third-order valence-electron chi connectivity index (χ3n) is 2.25. The summed E-state index contributed by atoms with van der Waals surface area (Å²) in [4.78, 5) is 14.4. The fourth-order valence-corrected chi connectivity index (χ4v) is 1.45. The van der Waals surface area contributed by atoms with E-state index in [4.69, 9.17) is 4.74 Å². The molecule has 0 spiro atoms. The first-order valence-corrected chi connectivity index (χ1v) is 5.83. The molecule has 0 radical (unpaired) electrons. The maximum Gasteiger partial charge on any atom is 0.274 e. The van der Waals surface area contributed by atoms with Crippen molar-refractivity contribution in [3.8, 4) is 11.8 Å². The van der Waals surface area contributed by atoms with Crippen LogP contribution in [0.5, 0.6) is 5.75 Å². The van der Waals surface area contributed by atoms with E-state index in [2.05, 4.69) is 21.5 Å². The van der Waals surface area contributed by atoms with Crippen LogP contribution in [0.2, 0.25) is 0 Å². The van der Waals surface area contributed by atoms with E-state index < -0.39 is 0 Å². The summed E-state index contributed by atoms with van der Waals surface area (Å²) in [5.41, 5.74) is 1.56. The Bertz CT molecular complexity index is 449. The number of hydrogen-bond donors (Lipinski definition) is 2. The van der Waals surface area contributed by atoms with Crippen molar-refractivity contribution in [2.75, 3.05) is 30.8 Å². The molecule has 5 nitrogen and oxygen atoms in total. The molecule has 0 fully saturated rings. The van der Waals surface area contributed by atoms with E-state index in [1.807, 2.05) is 13.0 Å². The molecule has 96 valence electrons. The van der Waals surface area contributed by atoms with Crippen molar-refractivity contribution in [3.05, 3.63) is 23.0 Å². The molecule has 0 atom stereocenters. The van der Waals surface area contributed by atoms with Crippen LogP contribution in [0.4, 0.5) is 11.4 Å². The fraction of sp³-hybridized carbons (Fsp3) is 0.385. The number of carbonyl (C=O) groups excluding carboxylic acids is 1. The highest BCUT2D eigenvalue weighted by Gasteiger charge is 2.03. The minimum Gasteiger partial charge on any atom is -0.495 e. The van der Waals surface area contributed by atoms with Crippen molar-refractivity contribution in [2.24, 2.45) is 0 Å². The Balaban J connectivity index is 2.65. The molecule has 18 heavy (non-hydrogen) atoms. The van der Waals surface area contributed by atoms with Crippen LogP contribution in [-0.2, 0) is 4.79 Å². The second kappa shape index (κ2) is 7.96. The number of benzene rings is 1. The molecule has 0 aliphatic rings. The van der Waals surface area contributed by atoms with Gasteiger partial charge in [-0.1, -0.05) is 4.85 Å². The van der Waals surface area contributed by atoms with Crippen molar-refractivity contribution >= 4 is 17.8 Å². The molecular formula is C13H18N3O2+. The summed E-state index contributed by atoms with van der Waals surface area (Å²) in [5, 5.41) is 5.82. The summed E-state index contributed by atoms with van der Waals surface area (Å²) >= 11 is 0. The summed E-state index contributed by atoms with van der Waals surface area (Å²) in [6, 6.07) is 8.34. The van der Waals surface area contributed by atoms with Crippen molar-refractivity contribution in [3.63, 3.8) is 0 Å². The second-order valence-electron chi connectivity index (χ2n) is 3.49. The number of ether oxygens (including phenoxy) is 1. The predicted octanol–water partition coefficient (Wildman–Crippen LogP) is 2.42. The normalized spacial score (nSPS) is 9.00. The maximum absolute atomic E-state index is 10.4. The van der Waals surface area contributed by atoms with Crippen LogP contribution in [0.3, 0.4) is 0 Å². The average molecular weight is 248 g/mol. The highest BCUT2D eigenvalue weighted by atomic mass is 16.5. The van der Waals surface area contributed by atoms with Gasteiger partial charge in [-0.2, -0.15) is 0 Å². The zero-order chi connectivity index (χ0) is 13.2. The van der Waals surface area contributed by atoms with E-state index >= 15 is 0 Å². The zero-order valence-electron chi connectivity index (χ0n) is 10.7. The van der Waals surface area contributed by atoms with Crippen LogP contribution in [0.25, 0.3) is 4.85 Å². The molecule has 0 heterocycles. The van der Waals surface area contributed by atoms with Crippen LogP contribution in [0, 0.1) is 6.07 Å². The highest BCUT2D eigenvalue weighted by Crippen LogP contribution is 2.27. The van der Waals surface area contributed by atoms with Gasteiger partial charge in [-0.25, -0.2) is 0 Å². The minimum atomic E-state index is 0.646. The van der Waals surface area contributed by atoms with Gasteiger partial charge < -0.3 is 15.4 Å². The standard InChI is InChI=1S/C13H17N3O2/c1-3-14-7-4-8-15-12-9-11(16-10-17)5-6-13(12)18-2/h5-6,9-10,15H,3-4,8H2,1-2H3/p+1. The van der Waals surface area contributed by atoms with E-state index in [0.29, 0.717) is 13.0 Å². The molecule has 0 aliphatic carbocycles. The van der Waals surface area contributed by atoms with Crippen LogP contribution < -0.4 is 15.4 Å². The molecule has 0 aliphatic heterocycles. The molecule has 0 unspecified atom stereocenters. The lowest BCUT2D eigenvalue weighted by Gasteiger charge is -2.11. The molecule has 0 saturated carbocycles. The zero-order valence-corrected chi connectivity index (χ0v) is 10.7. The summed E-state index contributed by atoms with van der Waals surface area (Å²) < 4.78 is 5.23. The first kappa shape index (κ1) is 13.8. The molecule has 1 aromatic rings. The molecule has 5 heteroatoms. The Hall–Kier alpha value is -2.22. The second-order valence-corrected chi connectivity index (χ2v) is 3.49. The Morgan fingerprint density at radius 2 is 2.33 bits per heavy atom. The van der Waals surface area contributed by atoms with Crippen molar-refractivity contribution in [2.45, 2.75) is 13.3 Å². The highest BCUT2D eigenvalue weighted by molar-refractivity contribution is 5.75. The maximum atomic E-state index is 10.4. The quantitative estimate of drug-likeness (QED) is 0.600. The Labute approximate surface area is 107 Å². The summed E-state index contributed by atoms with van der Waals surface area (Å²) in [7, 11) is 1.61. The van der Waals surface area contributed by atoms with E-state index in [0.717, 1.165) is 30.1 Å². The molecular weight excluding hydrogens is 230 g/mol. The molecule has 1 aromatic carbocycles. The van der Waals surface area contributed by atoms with E-state index in [-0.39, 0.29) is 0 Å². The number of nitrogens with zero attached hydrogens (tertiary/aromatic N) is 1. The average Bonchev–Trinajstić information content (AvgIpc) is 2.39. The van der Waals surface area contributed by atoms with Gasteiger partial charge in [0.1, 0.15) is 5.75 Å². The monoisotopic (exact) mass is 248 g/mol. The lowest BCUT2D eigenvalue weighted by molar-refractivity contribution is -0.105. The predicted molar refractivity (Wildman–Crippen MR) is 73.6 cm³/mol. The van der Waals surface area contributed by atoms with Gasteiger partial charge in [0.2, 0.25) is 6.41 Å². The smallest absolute Gasteiger partial charge is 0.274 e. The summed E-state index contributed by atoms with van der Waals surface area (Å²) in [5.74, 6) is 0.735. The third kappa shape index (κ3) is 4.34. The van der Waals surface area contributed by atoms with Gasteiger partial charge in [0.05, 0.1) is 19.2 Å². The Kier molecular flexibility index (Phi) is 6.12. The van der Waals surface area contributed by atoms with Gasteiger partial charge in [-0.15, -0.1) is 0 Å². The van der Waals surface area contributed by atoms with Crippen molar-refractivity contribution in [1.29, 1.82) is 0 Å². The SMILES string of the molecule is CC[N+]#CCCNc1cc(NC=O)ccc1OC. The largest absolute Gasteiger partial charge is 0.495 e. The van der Waals surface area contributed by atoms with Gasteiger partial charge >= 0.3 is 0 Å². The van der Waals surface area contributed by atoms with Crippen LogP contribution >= 0.6 is 0 Å². The van der Waals surface area contributed by atoms with E-state index in [1.165, 1.54) is 0 Å². The van der Waals surface area contributed by atoms with Gasteiger partial charge in [0.25, 0.3) is 12.6 Å². The van der Waals surface area contributed by atoms with Crippen molar-refractivity contribution in [1.82, 2.24) is 0 Å². The molecule has 0 saturated heterocycles. The Morgan fingerprint density at radius 3 is 3.00 bits per heavy atom. The number of methoxy groups -OCH3 is 1. The van der Waals surface area contributed by atoms with Crippen LogP contribution in [0.1, 0.15) is 13.3 Å².